The molecule has 2 aromatic rings. The third-order valence-electron chi connectivity index (χ3n) is 2.18. The second-order valence-electron chi connectivity index (χ2n) is 3.67. The summed E-state index contributed by atoms with van der Waals surface area (Å²) in [5.74, 6) is 0.338. The standard InChI is InChI=1S/C13H13N3O/c1-10-9-12(16-15-10)14-13(17)8-7-11-5-3-2-4-6-11/h2-9H,1H3,(H2,14,15,16,17)/b8-7+. The molecule has 0 radical (unpaired) electrons. The van der Waals surface area contributed by atoms with Crippen LogP contribution in [0.5, 0.6) is 0 Å². The van der Waals surface area contributed by atoms with E-state index in [1.54, 1.807) is 12.1 Å². The first-order valence-corrected chi connectivity index (χ1v) is 5.30. The lowest BCUT2D eigenvalue weighted by molar-refractivity contribution is -0.111. The van der Waals surface area contributed by atoms with E-state index in [1.165, 1.54) is 6.08 Å². The number of carbonyl (C=O) groups is 1. The van der Waals surface area contributed by atoms with Gasteiger partial charge in [-0.3, -0.25) is 9.89 Å². The number of aromatic nitrogens is 2. The summed E-state index contributed by atoms with van der Waals surface area (Å²) in [7, 11) is 0. The number of anilines is 1. The molecule has 0 fully saturated rings. The van der Waals surface area contributed by atoms with E-state index in [4.69, 9.17) is 0 Å². The van der Waals surface area contributed by atoms with Gasteiger partial charge in [0.25, 0.3) is 0 Å². The number of nitrogens with zero attached hydrogens (tertiary/aromatic N) is 1. The molecule has 4 heteroatoms. The second-order valence-corrected chi connectivity index (χ2v) is 3.67. The highest BCUT2D eigenvalue weighted by Crippen LogP contribution is 2.05. The number of aryl methyl sites for hydroxylation is 1. The molecule has 0 aliphatic heterocycles. The van der Waals surface area contributed by atoms with Crippen molar-refractivity contribution in [2.45, 2.75) is 6.92 Å². The largest absolute Gasteiger partial charge is 0.306 e. The number of benzene rings is 1. The maximum absolute atomic E-state index is 11.5. The number of aromatic amines is 1. The van der Waals surface area contributed by atoms with Gasteiger partial charge in [0.05, 0.1) is 0 Å². The molecule has 1 amide bonds. The van der Waals surface area contributed by atoms with Crippen LogP contribution in [0.2, 0.25) is 0 Å². The highest BCUT2D eigenvalue weighted by Gasteiger charge is 2.00. The molecule has 1 heterocycles. The first kappa shape index (κ1) is 11.1. The van der Waals surface area contributed by atoms with E-state index in [9.17, 15) is 4.79 Å². The molecular formula is C13H13N3O. The van der Waals surface area contributed by atoms with E-state index in [1.807, 2.05) is 37.3 Å². The lowest BCUT2D eigenvalue weighted by Crippen LogP contribution is -2.07. The van der Waals surface area contributed by atoms with Crippen LogP contribution in [0, 0.1) is 6.92 Å². The number of carbonyl (C=O) groups excluding carboxylic acids is 1. The average Bonchev–Trinajstić information content (AvgIpc) is 2.73. The minimum Gasteiger partial charge on any atom is -0.306 e. The van der Waals surface area contributed by atoms with Crippen LogP contribution in [0.1, 0.15) is 11.3 Å². The highest BCUT2D eigenvalue weighted by atomic mass is 16.1. The van der Waals surface area contributed by atoms with E-state index < -0.39 is 0 Å². The van der Waals surface area contributed by atoms with Crippen LogP contribution in [-0.4, -0.2) is 16.1 Å². The maximum Gasteiger partial charge on any atom is 0.249 e. The molecule has 2 rings (SSSR count). The van der Waals surface area contributed by atoms with Crippen molar-refractivity contribution in [1.82, 2.24) is 10.2 Å². The Bertz CT molecular complexity index is 529. The van der Waals surface area contributed by atoms with Gasteiger partial charge >= 0.3 is 0 Å². The summed E-state index contributed by atoms with van der Waals surface area (Å²) >= 11 is 0. The van der Waals surface area contributed by atoms with Gasteiger partial charge < -0.3 is 5.32 Å². The molecule has 0 unspecified atom stereocenters. The summed E-state index contributed by atoms with van der Waals surface area (Å²) in [6.45, 7) is 1.88. The van der Waals surface area contributed by atoms with Crippen molar-refractivity contribution >= 4 is 17.8 Å². The molecule has 0 saturated heterocycles. The quantitative estimate of drug-likeness (QED) is 0.791. The Morgan fingerprint density at radius 1 is 1.35 bits per heavy atom. The molecule has 0 saturated carbocycles. The number of hydrogen-bond acceptors (Lipinski definition) is 2. The molecule has 0 bridgehead atoms. The molecule has 0 spiro atoms. The lowest BCUT2D eigenvalue weighted by Gasteiger charge is -1.95. The maximum atomic E-state index is 11.5. The Balaban J connectivity index is 1.96. The SMILES string of the molecule is Cc1cc(NC(=O)/C=C/c2ccccc2)n[nH]1. The lowest BCUT2D eigenvalue weighted by atomic mass is 10.2. The van der Waals surface area contributed by atoms with Gasteiger partial charge in [0.1, 0.15) is 0 Å². The highest BCUT2D eigenvalue weighted by molar-refractivity contribution is 6.01. The minimum absolute atomic E-state index is 0.194. The summed E-state index contributed by atoms with van der Waals surface area (Å²) in [5.41, 5.74) is 1.90. The summed E-state index contributed by atoms with van der Waals surface area (Å²) in [4.78, 5) is 11.5. The van der Waals surface area contributed by atoms with E-state index in [0.29, 0.717) is 5.82 Å². The number of H-pyrrole nitrogens is 1. The fourth-order valence-corrected chi connectivity index (χ4v) is 1.39. The molecule has 0 atom stereocenters. The van der Waals surface area contributed by atoms with Crippen LogP contribution in [0.3, 0.4) is 0 Å². The van der Waals surface area contributed by atoms with E-state index in [2.05, 4.69) is 15.5 Å². The second kappa shape index (κ2) is 5.12. The normalized spacial score (nSPS) is 10.6. The van der Waals surface area contributed by atoms with Crippen molar-refractivity contribution in [3.8, 4) is 0 Å². The summed E-state index contributed by atoms with van der Waals surface area (Å²) in [6, 6.07) is 11.4. The fraction of sp³-hybridized carbons (Fsp3) is 0.0769. The van der Waals surface area contributed by atoms with Crippen LogP contribution in [0.25, 0.3) is 6.08 Å². The van der Waals surface area contributed by atoms with Gasteiger partial charge in [-0.05, 0) is 18.6 Å². The molecule has 0 aliphatic carbocycles. The summed E-state index contributed by atoms with van der Waals surface area (Å²) < 4.78 is 0. The van der Waals surface area contributed by atoms with Crippen molar-refractivity contribution in [3.63, 3.8) is 0 Å². The van der Waals surface area contributed by atoms with Crippen molar-refractivity contribution in [2.24, 2.45) is 0 Å². The number of amides is 1. The molecule has 1 aromatic heterocycles. The zero-order chi connectivity index (χ0) is 12.1. The Hall–Kier alpha value is -2.36. The van der Waals surface area contributed by atoms with Gasteiger partial charge in [0.15, 0.2) is 5.82 Å². The van der Waals surface area contributed by atoms with Crippen molar-refractivity contribution in [1.29, 1.82) is 0 Å². The molecule has 0 aliphatic rings. The Kier molecular flexibility index (Phi) is 3.35. The molecule has 2 N–H and O–H groups in total. The van der Waals surface area contributed by atoms with Gasteiger partial charge in [-0.15, -0.1) is 0 Å². The average molecular weight is 227 g/mol. The Morgan fingerprint density at radius 2 is 2.12 bits per heavy atom. The van der Waals surface area contributed by atoms with Crippen LogP contribution in [0.4, 0.5) is 5.82 Å². The number of hydrogen-bond donors (Lipinski definition) is 2. The van der Waals surface area contributed by atoms with Crippen molar-refractivity contribution in [3.05, 3.63) is 53.7 Å². The third kappa shape index (κ3) is 3.31. The van der Waals surface area contributed by atoms with Crippen molar-refractivity contribution < 1.29 is 4.79 Å². The van der Waals surface area contributed by atoms with Crippen LogP contribution in [-0.2, 0) is 4.79 Å². The minimum atomic E-state index is -0.194. The molecule has 17 heavy (non-hydrogen) atoms. The zero-order valence-corrected chi connectivity index (χ0v) is 9.47. The molecular weight excluding hydrogens is 214 g/mol. The van der Waals surface area contributed by atoms with Gasteiger partial charge in [0, 0.05) is 17.8 Å². The fourth-order valence-electron chi connectivity index (χ4n) is 1.39. The van der Waals surface area contributed by atoms with Crippen molar-refractivity contribution in [2.75, 3.05) is 5.32 Å². The first-order chi connectivity index (χ1) is 8.24. The van der Waals surface area contributed by atoms with E-state index in [-0.39, 0.29) is 5.91 Å². The topological polar surface area (TPSA) is 57.8 Å². The van der Waals surface area contributed by atoms with Crippen LogP contribution >= 0.6 is 0 Å². The number of rotatable bonds is 3. The summed E-state index contributed by atoms with van der Waals surface area (Å²) in [5, 5.41) is 9.34. The van der Waals surface area contributed by atoms with Crippen LogP contribution < -0.4 is 5.32 Å². The Morgan fingerprint density at radius 3 is 2.76 bits per heavy atom. The predicted molar refractivity (Wildman–Crippen MR) is 67.4 cm³/mol. The first-order valence-electron chi connectivity index (χ1n) is 5.30. The van der Waals surface area contributed by atoms with Gasteiger partial charge in [-0.1, -0.05) is 30.3 Å². The predicted octanol–water partition coefficient (Wildman–Crippen LogP) is 2.37. The smallest absolute Gasteiger partial charge is 0.249 e. The molecule has 1 aromatic carbocycles. The zero-order valence-electron chi connectivity index (χ0n) is 9.47. The molecule has 4 nitrogen and oxygen atoms in total. The Labute approximate surface area is 99.4 Å². The third-order valence-corrected chi connectivity index (χ3v) is 2.18. The van der Waals surface area contributed by atoms with E-state index in [0.717, 1.165) is 11.3 Å². The van der Waals surface area contributed by atoms with Gasteiger partial charge in [-0.25, -0.2) is 0 Å². The number of nitrogens with one attached hydrogen (secondary N) is 2. The monoisotopic (exact) mass is 227 g/mol. The summed E-state index contributed by atoms with van der Waals surface area (Å²) in [6.07, 6.45) is 3.24. The van der Waals surface area contributed by atoms with E-state index >= 15 is 0 Å². The molecule has 86 valence electrons. The van der Waals surface area contributed by atoms with Crippen LogP contribution in [0.15, 0.2) is 42.5 Å². The van der Waals surface area contributed by atoms with Gasteiger partial charge in [-0.2, -0.15) is 5.10 Å². The van der Waals surface area contributed by atoms with Gasteiger partial charge in [0.2, 0.25) is 5.91 Å².